The van der Waals surface area contributed by atoms with Crippen molar-refractivity contribution in [3.8, 4) is 0 Å². The Hall–Kier alpha value is -0.840. The maximum Gasteiger partial charge on any atom is 0.0662 e. The third kappa shape index (κ3) is 7.96. The molecule has 0 bridgehead atoms. The van der Waals surface area contributed by atoms with Crippen LogP contribution >= 0.6 is 11.8 Å². The maximum absolute atomic E-state index is 8.57. The Morgan fingerprint density at radius 1 is 1.18 bits per heavy atom. The summed E-state index contributed by atoms with van der Waals surface area (Å²) in [5.74, 6) is 1.72. The predicted molar refractivity (Wildman–Crippen MR) is 74.1 cm³/mol. The topological polar surface area (TPSA) is 41.8 Å². The molecule has 0 aliphatic carbocycles. The molecule has 3 nitrogen and oxygen atoms in total. The van der Waals surface area contributed by atoms with Gasteiger partial charge in [0.25, 0.3) is 0 Å². The van der Waals surface area contributed by atoms with E-state index in [0.29, 0.717) is 13.2 Å². The van der Waals surface area contributed by atoms with Gasteiger partial charge in [0.05, 0.1) is 26.4 Å². The number of hydrogen-bond donors (Lipinski definition) is 1. The monoisotopic (exact) mass is 253 g/mol. The summed E-state index contributed by atoms with van der Waals surface area (Å²) in [5, 5.41) is 8.57. The summed E-state index contributed by atoms with van der Waals surface area (Å²) in [6.07, 6.45) is 1.86. The number of ether oxygens (including phenoxy) is 1. The average Bonchev–Trinajstić information content (AvgIpc) is 2.38. The van der Waals surface area contributed by atoms with Crippen LogP contribution in [-0.2, 0) is 4.74 Å². The van der Waals surface area contributed by atoms with Gasteiger partial charge < -0.3 is 9.84 Å². The van der Waals surface area contributed by atoms with Crippen LogP contribution in [0.2, 0.25) is 0 Å². The number of aliphatic hydroxyl groups is 1. The van der Waals surface area contributed by atoms with Crippen molar-refractivity contribution in [2.75, 3.05) is 37.9 Å². The van der Waals surface area contributed by atoms with Crippen LogP contribution < -0.4 is 0 Å². The molecular weight excluding hydrogens is 234 g/mol. The van der Waals surface area contributed by atoms with E-state index in [0.717, 1.165) is 23.7 Å². The zero-order valence-corrected chi connectivity index (χ0v) is 10.7. The Bertz CT molecular complexity index is 304. The SMILES string of the molecule is OCCSCCOCCN=Cc1ccccc1. The van der Waals surface area contributed by atoms with Crippen LogP contribution in [0.25, 0.3) is 0 Å². The van der Waals surface area contributed by atoms with Gasteiger partial charge in [0, 0.05) is 17.7 Å². The lowest BCUT2D eigenvalue weighted by atomic mass is 10.2. The maximum atomic E-state index is 8.57. The first-order chi connectivity index (χ1) is 8.43. The Kier molecular flexibility index (Phi) is 8.64. The Morgan fingerprint density at radius 2 is 2.00 bits per heavy atom. The van der Waals surface area contributed by atoms with E-state index in [2.05, 4.69) is 4.99 Å². The van der Waals surface area contributed by atoms with Crippen molar-refractivity contribution < 1.29 is 9.84 Å². The van der Waals surface area contributed by atoms with E-state index in [1.54, 1.807) is 11.8 Å². The summed E-state index contributed by atoms with van der Waals surface area (Å²) in [4.78, 5) is 4.28. The lowest BCUT2D eigenvalue weighted by molar-refractivity contribution is 0.158. The van der Waals surface area contributed by atoms with Crippen molar-refractivity contribution in [2.45, 2.75) is 0 Å². The molecule has 0 atom stereocenters. The van der Waals surface area contributed by atoms with E-state index < -0.39 is 0 Å². The zero-order chi connectivity index (χ0) is 12.2. The molecule has 1 aromatic rings. The standard InChI is InChI=1S/C13H19NO2S/c15-7-10-17-11-9-16-8-6-14-12-13-4-2-1-3-5-13/h1-5,12,15H,6-11H2. The van der Waals surface area contributed by atoms with Gasteiger partial charge in [-0.3, -0.25) is 4.99 Å². The largest absolute Gasteiger partial charge is 0.396 e. The molecule has 0 fully saturated rings. The van der Waals surface area contributed by atoms with Crippen LogP contribution in [0.1, 0.15) is 5.56 Å². The molecule has 0 aliphatic heterocycles. The molecule has 0 amide bonds. The number of rotatable bonds is 9. The summed E-state index contributed by atoms with van der Waals surface area (Å²) in [6.45, 7) is 2.32. The van der Waals surface area contributed by atoms with E-state index in [-0.39, 0.29) is 6.61 Å². The number of benzene rings is 1. The van der Waals surface area contributed by atoms with Gasteiger partial charge in [-0.25, -0.2) is 0 Å². The molecule has 94 valence electrons. The van der Waals surface area contributed by atoms with Gasteiger partial charge in [-0.15, -0.1) is 0 Å². The molecule has 4 heteroatoms. The summed E-state index contributed by atoms with van der Waals surface area (Å²) >= 11 is 1.70. The Balaban J connectivity index is 1.95. The summed E-state index contributed by atoms with van der Waals surface area (Å²) in [6, 6.07) is 10.0. The summed E-state index contributed by atoms with van der Waals surface area (Å²) in [7, 11) is 0. The third-order valence-electron chi connectivity index (χ3n) is 2.01. The molecule has 1 N–H and O–H groups in total. The van der Waals surface area contributed by atoms with Crippen molar-refractivity contribution in [3.63, 3.8) is 0 Å². The van der Waals surface area contributed by atoms with Crippen molar-refractivity contribution in [1.82, 2.24) is 0 Å². The zero-order valence-electron chi connectivity index (χ0n) is 9.92. The lowest BCUT2D eigenvalue weighted by Gasteiger charge is -2.01. The minimum Gasteiger partial charge on any atom is -0.396 e. The lowest BCUT2D eigenvalue weighted by Crippen LogP contribution is -2.03. The third-order valence-corrected chi connectivity index (χ3v) is 2.94. The molecule has 0 aliphatic rings. The molecule has 0 heterocycles. The van der Waals surface area contributed by atoms with Crippen LogP contribution in [-0.4, -0.2) is 49.2 Å². The molecule has 0 saturated heterocycles. The van der Waals surface area contributed by atoms with Gasteiger partial charge in [-0.1, -0.05) is 30.3 Å². The van der Waals surface area contributed by atoms with E-state index in [1.165, 1.54) is 0 Å². The van der Waals surface area contributed by atoms with Crippen molar-refractivity contribution in [3.05, 3.63) is 35.9 Å². The first kappa shape index (κ1) is 14.2. The fourth-order valence-electron chi connectivity index (χ4n) is 1.21. The minimum atomic E-state index is 0.242. The highest BCUT2D eigenvalue weighted by molar-refractivity contribution is 7.99. The van der Waals surface area contributed by atoms with Crippen LogP contribution in [0, 0.1) is 0 Å². The van der Waals surface area contributed by atoms with Gasteiger partial charge in [0.1, 0.15) is 0 Å². The first-order valence-electron chi connectivity index (χ1n) is 5.74. The van der Waals surface area contributed by atoms with Crippen LogP contribution in [0.4, 0.5) is 0 Å². The van der Waals surface area contributed by atoms with Gasteiger partial charge in [-0.2, -0.15) is 11.8 Å². The van der Waals surface area contributed by atoms with Gasteiger partial charge in [-0.05, 0) is 5.56 Å². The van der Waals surface area contributed by atoms with Crippen molar-refractivity contribution >= 4 is 18.0 Å². The van der Waals surface area contributed by atoms with Crippen LogP contribution in [0.15, 0.2) is 35.3 Å². The molecule has 1 aromatic carbocycles. The molecule has 0 spiro atoms. The molecule has 0 radical (unpaired) electrons. The summed E-state index contributed by atoms with van der Waals surface area (Å²) < 4.78 is 5.40. The average molecular weight is 253 g/mol. The van der Waals surface area contributed by atoms with Crippen molar-refractivity contribution in [2.24, 2.45) is 4.99 Å². The molecule has 1 rings (SSSR count). The van der Waals surface area contributed by atoms with Gasteiger partial charge >= 0.3 is 0 Å². The second-order valence-corrected chi connectivity index (χ2v) is 4.62. The highest BCUT2D eigenvalue weighted by Gasteiger charge is 1.89. The Morgan fingerprint density at radius 3 is 2.76 bits per heavy atom. The Labute approximate surface area is 107 Å². The smallest absolute Gasteiger partial charge is 0.0662 e. The normalized spacial score (nSPS) is 11.1. The van der Waals surface area contributed by atoms with E-state index in [1.807, 2.05) is 36.5 Å². The number of aliphatic hydroxyl groups excluding tert-OH is 1. The van der Waals surface area contributed by atoms with Crippen LogP contribution in [0.3, 0.4) is 0 Å². The molecular formula is C13H19NO2S. The van der Waals surface area contributed by atoms with E-state index >= 15 is 0 Å². The van der Waals surface area contributed by atoms with E-state index in [4.69, 9.17) is 9.84 Å². The van der Waals surface area contributed by atoms with Gasteiger partial charge in [0.2, 0.25) is 0 Å². The quantitative estimate of drug-likeness (QED) is 0.539. The molecule has 17 heavy (non-hydrogen) atoms. The minimum absolute atomic E-state index is 0.242. The molecule has 0 saturated carbocycles. The number of thioether (sulfide) groups is 1. The fraction of sp³-hybridized carbons (Fsp3) is 0.462. The highest BCUT2D eigenvalue weighted by atomic mass is 32.2. The molecule has 0 aromatic heterocycles. The van der Waals surface area contributed by atoms with E-state index in [9.17, 15) is 0 Å². The highest BCUT2D eigenvalue weighted by Crippen LogP contribution is 1.97. The second-order valence-electron chi connectivity index (χ2n) is 3.39. The number of nitrogens with zero attached hydrogens (tertiary/aromatic N) is 1. The first-order valence-corrected chi connectivity index (χ1v) is 6.90. The van der Waals surface area contributed by atoms with Crippen LogP contribution in [0.5, 0.6) is 0 Å². The second kappa shape index (κ2) is 10.3. The number of hydrogen-bond acceptors (Lipinski definition) is 4. The molecule has 0 unspecified atom stereocenters. The van der Waals surface area contributed by atoms with Crippen molar-refractivity contribution in [1.29, 1.82) is 0 Å². The fourth-order valence-corrected chi connectivity index (χ4v) is 1.78. The number of aliphatic imine (C=N–C) groups is 1. The predicted octanol–water partition coefficient (Wildman–Crippen LogP) is 1.85. The summed E-state index contributed by atoms with van der Waals surface area (Å²) in [5.41, 5.74) is 1.12. The van der Waals surface area contributed by atoms with Gasteiger partial charge in [0.15, 0.2) is 0 Å².